The largest absolute Gasteiger partial charge is 0.492 e. The van der Waals surface area contributed by atoms with Crippen LogP contribution in [0.2, 0.25) is 0 Å². The van der Waals surface area contributed by atoms with Gasteiger partial charge in [0.25, 0.3) is 0 Å². The van der Waals surface area contributed by atoms with Gasteiger partial charge in [-0.2, -0.15) is 0 Å². The smallest absolute Gasteiger partial charge is 0.163 e. The van der Waals surface area contributed by atoms with Crippen LogP contribution < -0.4 is 15.8 Å². The van der Waals surface area contributed by atoms with Gasteiger partial charge in [0.1, 0.15) is 18.2 Å². The van der Waals surface area contributed by atoms with Crippen LogP contribution in [0.15, 0.2) is 24.3 Å². The van der Waals surface area contributed by atoms with E-state index in [0.717, 1.165) is 0 Å². The van der Waals surface area contributed by atoms with Crippen LogP contribution in [0.1, 0.15) is 0 Å². The molecule has 0 unspecified atom stereocenters. The average Bonchev–Trinajstić information content (AvgIpc) is 2.12. The van der Waals surface area contributed by atoms with Gasteiger partial charge in [0.05, 0.1) is 6.54 Å². The van der Waals surface area contributed by atoms with Crippen molar-refractivity contribution in [1.29, 1.82) is 0 Å². The topological polar surface area (TPSA) is 47.3 Å². The fraction of sp³-hybridized carbons (Fsp3) is 0.222. The lowest BCUT2D eigenvalue weighted by molar-refractivity contribution is 0.321. The van der Waals surface area contributed by atoms with Crippen molar-refractivity contribution in [2.45, 2.75) is 0 Å². The summed E-state index contributed by atoms with van der Waals surface area (Å²) in [6.07, 6.45) is 0. The molecule has 0 spiro atoms. The van der Waals surface area contributed by atoms with Gasteiger partial charge in [-0.25, -0.2) is 4.39 Å². The molecule has 0 fully saturated rings. The molecule has 0 aliphatic heterocycles. The Morgan fingerprint density at radius 3 is 3.00 bits per heavy atom. The van der Waals surface area contributed by atoms with E-state index in [1.165, 1.54) is 12.1 Å². The third-order valence-electron chi connectivity index (χ3n) is 1.47. The molecule has 0 amide bonds. The van der Waals surface area contributed by atoms with Crippen LogP contribution >= 0.6 is 12.2 Å². The second-order valence-corrected chi connectivity index (χ2v) is 3.04. The molecule has 0 atom stereocenters. The van der Waals surface area contributed by atoms with Gasteiger partial charge in [-0.15, -0.1) is 0 Å². The Bertz CT molecular complexity index is 319. The highest BCUT2D eigenvalue weighted by Gasteiger charge is 1.95. The predicted octanol–water partition coefficient (Wildman–Crippen LogP) is 1.04. The zero-order valence-corrected chi connectivity index (χ0v) is 8.31. The molecular weight excluding hydrogens is 203 g/mol. The SMILES string of the molecule is NC(=S)NCCOc1cccc(F)c1. The number of thiocarbonyl (C=S) groups is 1. The van der Waals surface area contributed by atoms with Gasteiger partial charge in [-0.3, -0.25) is 0 Å². The van der Waals surface area contributed by atoms with Crippen LogP contribution in [0.5, 0.6) is 5.75 Å². The van der Waals surface area contributed by atoms with E-state index >= 15 is 0 Å². The van der Waals surface area contributed by atoms with Crippen molar-refractivity contribution in [3.63, 3.8) is 0 Å². The first-order valence-corrected chi connectivity index (χ1v) is 4.51. The van der Waals surface area contributed by atoms with E-state index in [2.05, 4.69) is 17.5 Å². The molecule has 0 aliphatic carbocycles. The molecule has 0 aliphatic rings. The summed E-state index contributed by atoms with van der Waals surface area (Å²) in [5.41, 5.74) is 5.20. The van der Waals surface area contributed by atoms with Crippen LogP contribution in [-0.2, 0) is 0 Å². The van der Waals surface area contributed by atoms with E-state index in [0.29, 0.717) is 18.9 Å². The molecule has 3 nitrogen and oxygen atoms in total. The normalized spacial score (nSPS) is 9.50. The fourth-order valence-electron chi connectivity index (χ4n) is 0.900. The summed E-state index contributed by atoms with van der Waals surface area (Å²) < 4.78 is 17.9. The molecule has 0 saturated carbocycles. The standard InChI is InChI=1S/C9H11FN2OS/c10-7-2-1-3-8(6-7)13-5-4-12-9(11)14/h1-3,6H,4-5H2,(H3,11,12,14). The maximum atomic E-state index is 12.7. The third kappa shape index (κ3) is 4.04. The Hall–Kier alpha value is -1.36. The van der Waals surface area contributed by atoms with Crippen molar-refractivity contribution in [3.05, 3.63) is 30.1 Å². The summed E-state index contributed by atoms with van der Waals surface area (Å²) in [6.45, 7) is 0.895. The van der Waals surface area contributed by atoms with E-state index in [1.54, 1.807) is 12.1 Å². The van der Waals surface area contributed by atoms with Crippen LogP contribution in [0.4, 0.5) is 4.39 Å². The second kappa shape index (κ2) is 5.39. The predicted molar refractivity (Wildman–Crippen MR) is 56.7 cm³/mol. The van der Waals surface area contributed by atoms with E-state index in [-0.39, 0.29) is 10.9 Å². The van der Waals surface area contributed by atoms with Crippen molar-refractivity contribution < 1.29 is 9.13 Å². The lowest BCUT2D eigenvalue weighted by atomic mass is 10.3. The van der Waals surface area contributed by atoms with Crippen molar-refractivity contribution in [2.24, 2.45) is 5.73 Å². The van der Waals surface area contributed by atoms with Crippen LogP contribution in [-0.4, -0.2) is 18.3 Å². The molecular formula is C9H11FN2OS. The van der Waals surface area contributed by atoms with E-state index in [9.17, 15) is 4.39 Å². The Morgan fingerprint density at radius 2 is 2.36 bits per heavy atom. The first-order chi connectivity index (χ1) is 6.68. The van der Waals surface area contributed by atoms with Gasteiger partial charge < -0.3 is 15.8 Å². The van der Waals surface area contributed by atoms with Gasteiger partial charge in [-0.05, 0) is 24.4 Å². The first kappa shape index (κ1) is 10.7. The van der Waals surface area contributed by atoms with Crippen LogP contribution in [0.25, 0.3) is 0 Å². The number of nitrogens with two attached hydrogens (primary N) is 1. The van der Waals surface area contributed by atoms with Crippen LogP contribution in [0.3, 0.4) is 0 Å². The van der Waals surface area contributed by atoms with Crippen molar-refractivity contribution >= 4 is 17.3 Å². The Morgan fingerprint density at radius 1 is 1.57 bits per heavy atom. The average molecular weight is 214 g/mol. The lowest BCUT2D eigenvalue weighted by Gasteiger charge is -2.06. The Labute approximate surface area is 87.1 Å². The highest BCUT2D eigenvalue weighted by molar-refractivity contribution is 7.80. The summed E-state index contributed by atoms with van der Waals surface area (Å²) in [5, 5.41) is 2.95. The second-order valence-electron chi connectivity index (χ2n) is 2.60. The molecule has 1 aromatic rings. The number of nitrogens with one attached hydrogen (secondary N) is 1. The summed E-state index contributed by atoms with van der Waals surface area (Å²) in [6, 6.07) is 5.95. The molecule has 1 aromatic carbocycles. The minimum atomic E-state index is -0.315. The number of benzene rings is 1. The maximum absolute atomic E-state index is 12.7. The molecule has 0 bridgehead atoms. The Balaban J connectivity index is 2.28. The molecule has 14 heavy (non-hydrogen) atoms. The minimum absolute atomic E-state index is 0.229. The fourth-order valence-corrected chi connectivity index (χ4v) is 1.00. The molecule has 1 rings (SSSR count). The lowest BCUT2D eigenvalue weighted by Crippen LogP contribution is -2.32. The molecule has 0 saturated heterocycles. The summed E-state index contributed by atoms with van der Waals surface area (Å²) >= 11 is 4.60. The minimum Gasteiger partial charge on any atom is -0.492 e. The number of hydrogen-bond donors (Lipinski definition) is 2. The van der Waals surface area contributed by atoms with Gasteiger partial charge >= 0.3 is 0 Å². The van der Waals surface area contributed by atoms with E-state index < -0.39 is 0 Å². The molecule has 0 radical (unpaired) electrons. The van der Waals surface area contributed by atoms with Crippen molar-refractivity contribution in [2.75, 3.05) is 13.2 Å². The summed E-state index contributed by atoms with van der Waals surface area (Å²) in [4.78, 5) is 0. The van der Waals surface area contributed by atoms with Gasteiger partial charge in [0.2, 0.25) is 0 Å². The quantitative estimate of drug-likeness (QED) is 0.580. The number of halogens is 1. The van der Waals surface area contributed by atoms with Crippen molar-refractivity contribution in [3.8, 4) is 5.75 Å². The van der Waals surface area contributed by atoms with E-state index in [1.807, 2.05) is 0 Å². The van der Waals surface area contributed by atoms with Crippen LogP contribution in [0, 0.1) is 5.82 Å². The molecule has 3 N–H and O–H groups in total. The third-order valence-corrected chi connectivity index (χ3v) is 1.61. The van der Waals surface area contributed by atoms with E-state index in [4.69, 9.17) is 10.5 Å². The number of hydrogen-bond acceptors (Lipinski definition) is 2. The monoisotopic (exact) mass is 214 g/mol. The first-order valence-electron chi connectivity index (χ1n) is 4.10. The van der Waals surface area contributed by atoms with Crippen molar-refractivity contribution in [1.82, 2.24) is 5.32 Å². The summed E-state index contributed by atoms with van der Waals surface area (Å²) in [7, 11) is 0. The van der Waals surface area contributed by atoms with Gasteiger partial charge in [-0.1, -0.05) is 6.07 Å². The maximum Gasteiger partial charge on any atom is 0.163 e. The van der Waals surface area contributed by atoms with Gasteiger partial charge in [0.15, 0.2) is 5.11 Å². The molecule has 5 heteroatoms. The Kier molecular flexibility index (Phi) is 4.12. The highest BCUT2D eigenvalue weighted by Crippen LogP contribution is 2.11. The number of rotatable bonds is 4. The highest BCUT2D eigenvalue weighted by atomic mass is 32.1. The molecule has 0 aromatic heterocycles. The zero-order valence-electron chi connectivity index (χ0n) is 7.50. The zero-order chi connectivity index (χ0) is 10.4. The summed E-state index contributed by atoms with van der Waals surface area (Å²) in [5.74, 6) is 0.180. The molecule has 76 valence electrons. The molecule has 0 heterocycles. The number of ether oxygens (including phenoxy) is 1. The van der Waals surface area contributed by atoms with Gasteiger partial charge in [0, 0.05) is 6.07 Å².